The number of ether oxygens (including phenoxy) is 1. The summed E-state index contributed by atoms with van der Waals surface area (Å²) in [6.07, 6.45) is -4.84. The zero-order valence-corrected chi connectivity index (χ0v) is 9.88. The molecule has 0 aliphatic heterocycles. The number of esters is 1. The van der Waals surface area contributed by atoms with Crippen molar-refractivity contribution in [1.82, 2.24) is 5.32 Å². The maximum atomic E-state index is 11.9. The second-order valence-corrected chi connectivity index (χ2v) is 3.34. The van der Waals surface area contributed by atoms with E-state index in [1.165, 1.54) is 24.3 Å². The predicted octanol–water partition coefficient (Wildman–Crippen LogP) is 2.50. The summed E-state index contributed by atoms with van der Waals surface area (Å²) in [4.78, 5) is 22.6. The summed E-state index contributed by atoms with van der Waals surface area (Å²) in [5.41, 5.74) is -0.0932. The fourth-order valence-corrected chi connectivity index (χ4v) is 1.26. The van der Waals surface area contributed by atoms with Crippen molar-refractivity contribution in [1.29, 1.82) is 0 Å². The first-order valence-electron chi connectivity index (χ1n) is 5.25. The highest BCUT2D eigenvalue weighted by molar-refractivity contribution is 6.00. The summed E-state index contributed by atoms with van der Waals surface area (Å²) in [7, 11) is 0. The molecule has 0 saturated heterocycles. The average Bonchev–Trinajstić information content (AvgIpc) is 2.27. The lowest BCUT2D eigenvalue weighted by atomic mass is 10.2. The van der Waals surface area contributed by atoms with Gasteiger partial charge in [-0.25, -0.2) is 14.9 Å². The SMILES string of the molecule is CCOC(=O)c1ccccc1NC(=O)NC(F)(F)F. The van der Waals surface area contributed by atoms with Crippen LogP contribution in [0, 0.1) is 0 Å². The van der Waals surface area contributed by atoms with E-state index in [2.05, 4.69) is 0 Å². The Labute approximate surface area is 106 Å². The van der Waals surface area contributed by atoms with E-state index < -0.39 is 18.3 Å². The van der Waals surface area contributed by atoms with Crippen LogP contribution in [0.5, 0.6) is 0 Å². The van der Waals surface area contributed by atoms with E-state index in [9.17, 15) is 22.8 Å². The van der Waals surface area contributed by atoms with Gasteiger partial charge in [0.2, 0.25) is 0 Å². The van der Waals surface area contributed by atoms with E-state index in [1.807, 2.05) is 5.32 Å². The number of alkyl halides is 3. The summed E-state index contributed by atoms with van der Waals surface area (Å²) < 4.78 is 40.5. The Morgan fingerprint density at radius 3 is 2.47 bits per heavy atom. The largest absolute Gasteiger partial charge is 0.485 e. The first kappa shape index (κ1) is 14.8. The second kappa shape index (κ2) is 6.07. The minimum Gasteiger partial charge on any atom is -0.462 e. The molecule has 0 aliphatic carbocycles. The second-order valence-electron chi connectivity index (χ2n) is 3.34. The van der Waals surface area contributed by atoms with E-state index in [0.717, 1.165) is 5.32 Å². The molecule has 104 valence electrons. The van der Waals surface area contributed by atoms with Crippen LogP contribution in [0.1, 0.15) is 17.3 Å². The van der Waals surface area contributed by atoms with Gasteiger partial charge in [-0.15, -0.1) is 0 Å². The maximum Gasteiger partial charge on any atom is 0.485 e. The molecular weight excluding hydrogens is 265 g/mol. The zero-order chi connectivity index (χ0) is 14.5. The fourth-order valence-electron chi connectivity index (χ4n) is 1.26. The predicted molar refractivity (Wildman–Crippen MR) is 60.6 cm³/mol. The summed E-state index contributed by atoms with van der Waals surface area (Å²) in [6.45, 7) is 1.70. The number of rotatable bonds is 3. The highest BCUT2D eigenvalue weighted by Crippen LogP contribution is 2.17. The number of hydrogen-bond donors (Lipinski definition) is 2. The Morgan fingerprint density at radius 1 is 1.26 bits per heavy atom. The molecule has 0 aromatic heterocycles. The van der Waals surface area contributed by atoms with Gasteiger partial charge in [0.25, 0.3) is 0 Å². The monoisotopic (exact) mass is 276 g/mol. The lowest BCUT2D eigenvalue weighted by molar-refractivity contribution is -0.144. The zero-order valence-electron chi connectivity index (χ0n) is 9.88. The number of para-hydroxylation sites is 1. The Bertz CT molecular complexity index is 474. The van der Waals surface area contributed by atoms with Gasteiger partial charge in [0.15, 0.2) is 0 Å². The summed E-state index contributed by atoms with van der Waals surface area (Å²) >= 11 is 0. The van der Waals surface area contributed by atoms with Crippen molar-refractivity contribution in [2.75, 3.05) is 11.9 Å². The number of halogens is 3. The molecule has 0 saturated carbocycles. The first-order valence-corrected chi connectivity index (χ1v) is 5.25. The van der Waals surface area contributed by atoms with Crippen LogP contribution in [0.3, 0.4) is 0 Å². The highest BCUT2D eigenvalue weighted by Gasteiger charge is 2.30. The summed E-state index contributed by atoms with van der Waals surface area (Å²) in [5, 5.41) is 2.70. The number of nitrogens with one attached hydrogen (secondary N) is 2. The Hall–Kier alpha value is -2.25. The maximum absolute atomic E-state index is 11.9. The van der Waals surface area contributed by atoms with Gasteiger partial charge >= 0.3 is 18.3 Å². The summed E-state index contributed by atoms with van der Waals surface area (Å²) in [5.74, 6) is -0.731. The van der Waals surface area contributed by atoms with Gasteiger partial charge in [0.05, 0.1) is 17.9 Å². The van der Waals surface area contributed by atoms with Gasteiger partial charge in [0, 0.05) is 0 Å². The molecule has 2 amide bonds. The number of hydrogen-bond acceptors (Lipinski definition) is 3. The topological polar surface area (TPSA) is 67.4 Å². The molecule has 0 radical (unpaired) electrons. The molecule has 0 atom stereocenters. The quantitative estimate of drug-likeness (QED) is 0.658. The molecule has 5 nitrogen and oxygen atoms in total. The van der Waals surface area contributed by atoms with Crippen molar-refractivity contribution in [3.63, 3.8) is 0 Å². The average molecular weight is 276 g/mol. The first-order chi connectivity index (χ1) is 8.83. The molecule has 0 bridgehead atoms. The van der Waals surface area contributed by atoms with Crippen LogP contribution in [-0.4, -0.2) is 24.9 Å². The molecule has 1 aromatic rings. The summed E-state index contributed by atoms with van der Waals surface area (Å²) in [6, 6.07) is 4.11. The number of benzene rings is 1. The number of carbonyl (C=O) groups is 2. The Kier molecular flexibility index (Phi) is 4.74. The van der Waals surface area contributed by atoms with E-state index in [-0.39, 0.29) is 17.9 Å². The van der Waals surface area contributed by atoms with E-state index in [4.69, 9.17) is 4.74 Å². The number of urea groups is 1. The van der Waals surface area contributed by atoms with Crippen molar-refractivity contribution in [2.24, 2.45) is 0 Å². The third-order valence-electron chi connectivity index (χ3n) is 1.93. The molecule has 1 aromatic carbocycles. The van der Waals surface area contributed by atoms with Crippen LogP contribution in [0.2, 0.25) is 0 Å². The van der Waals surface area contributed by atoms with Crippen LogP contribution in [-0.2, 0) is 4.74 Å². The molecule has 8 heteroatoms. The van der Waals surface area contributed by atoms with E-state index >= 15 is 0 Å². The van der Waals surface area contributed by atoms with Gasteiger partial charge < -0.3 is 10.1 Å². The Morgan fingerprint density at radius 2 is 1.89 bits per heavy atom. The van der Waals surface area contributed by atoms with Crippen LogP contribution in [0.25, 0.3) is 0 Å². The van der Waals surface area contributed by atoms with E-state index in [1.54, 1.807) is 6.92 Å². The molecule has 2 N–H and O–H groups in total. The minimum atomic E-state index is -4.84. The number of anilines is 1. The van der Waals surface area contributed by atoms with Crippen molar-refractivity contribution in [3.05, 3.63) is 29.8 Å². The molecule has 19 heavy (non-hydrogen) atoms. The van der Waals surface area contributed by atoms with Gasteiger partial charge in [-0.2, -0.15) is 13.2 Å². The van der Waals surface area contributed by atoms with Crippen LogP contribution >= 0.6 is 0 Å². The molecule has 0 fully saturated rings. The molecule has 0 heterocycles. The van der Waals surface area contributed by atoms with Crippen molar-refractivity contribution < 1.29 is 27.5 Å². The van der Waals surface area contributed by atoms with Crippen LogP contribution < -0.4 is 10.6 Å². The van der Waals surface area contributed by atoms with Gasteiger partial charge in [0.1, 0.15) is 0 Å². The lowest BCUT2D eigenvalue weighted by Gasteiger charge is -2.12. The van der Waals surface area contributed by atoms with Crippen molar-refractivity contribution in [2.45, 2.75) is 13.2 Å². The minimum absolute atomic E-state index is 0.0262. The van der Waals surface area contributed by atoms with Crippen molar-refractivity contribution >= 4 is 17.7 Å². The third kappa shape index (κ3) is 4.86. The molecule has 0 aliphatic rings. The van der Waals surface area contributed by atoms with Crippen LogP contribution in [0.15, 0.2) is 24.3 Å². The standard InChI is InChI=1S/C11H11F3N2O3/c1-2-19-9(17)7-5-3-4-6-8(7)15-10(18)16-11(12,13)14/h3-6H,2H2,1H3,(H2,15,16,18). The molecule has 1 rings (SSSR count). The Balaban J connectivity index is 2.84. The normalized spacial score (nSPS) is 10.7. The fraction of sp³-hybridized carbons (Fsp3) is 0.273. The van der Waals surface area contributed by atoms with E-state index in [0.29, 0.717) is 0 Å². The molecular formula is C11H11F3N2O3. The number of amides is 2. The third-order valence-corrected chi connectivity index (χ3v) is 1.93. The smallest absolute Gasteiger partial charge is 0.462 e. The van der Waals surface area contributed by atoms with Gasteiger partial charge in [-0.1, -0.05) is 12.1 Å². The lowest BCUT2D eigenvalue weighted by Crippen LogP contribution is -2.40. The van der Waals surface area contributed by atoms with Gasteiger partial charge in [-0.3, -0.25) is 0 Å². The molecule has 0 unspecified atom stereocenters. The number of carbonyl (C=O) groups excluding carboxylic acids is 2. The van der Waals surface area contributed by atoms with Crippen LogP contribution in [0.4, 0.5) is 23.7 Å². The van der Waals surface area contributed by atoms with Crippen molar-refractivity contribution in [3.8, 4) is 0 Å². The molecule has 0 spiro atoms. The van der Waals surface area contributed by atoms with Gasteiger partial charge in [-0.05, 0) is 19.1 Å². The highest BCUT2D eigenvalue weighted by atomic mass is 19.4.